The molecule has 0 saturated heterocycles. The number of hydrogen-bond acceptors (Lipinski definition) is 12. The van der Waals surface area contributed by atoms with E-state index in [1.165, 1.54) is 0 Å². The van der Waals surface area contributed by atoms with Crippen LogP contribution >= 0.6 is 0 Å². The fourth-order valence-corrected chi connectivity index (χ4v) is 1.25. The summed E-state index contributed by atoms with van der Waals surface area (Å²) in [7, 11) is 0. The highest BCUT2D eigenvalue weighted by atomic mass is 15.6. The molecule has 8 N–H and O–H groups in total. The van der Waals surface area contributed by atoms with E-state index in [-0.39, 0.29) is 23.7 Å². The highest BCUT2D eigenvalue weighted by Gasteiger charge is 2.16. The first-order valence-corrected chi connectivity index (χ1v) is 5.77. The molecule has 114 valence electrons. The Morgan fingerprint density at radius 2 is 2.00 bits per heavy atom. The van der Waals surface area contributed by atoms with Crippen molar-refractivity contribution in [3.05, 3.63) is 5.82 Å². The molecule has 0 aromatic carbocycles. The molecule has 22 heavy (non-hydrogen) atoms. The Balaban J connectivity index is 2.17. The van der Waals surface area contributed by atoms with Gasteiger partial charge in [-0.25, -0.2) is 0 Å². The van der Waals surface area contributed by atoms with E-state index in [9.17, 15) is 0 Å². The fraction of sp³-hybridized carbons (Fsp3) is 0.250. The molecular weight excluding hydrogens is 292 g/mol. The summed E-state index contributed by atoms with van der Waals surface area (Å²) in [6, 6.07) is 1.61. The van der Waals surface area contributed by atoms with E-state index in [1.807, 2.05) is 0 Å². The lowest BCUT2D eigenvalue weighted by Crippen LogP contribution is -2.47. The lowest BCUT2D eigenvalue weighted by Gasteiger charge is -2.18. The number of amidine groups is 1. The van der Waals surface area contributed by atoms with E-state index >= 15 is 0 Å². The Labute approximate surface area is 123 Å². The normalized spacial score (nSPS) is 11.3. The number of aromatic amines is 1. The summed E-state index contributed by atoms with van der Waals surface area (Å²) in [6.45, 7) is 1.73. The number of nitrogens with one attached hydrogen (secondary N) is 2. The Hall–Kier alpha value is -3.44. The van der Waals surface area contributed by atoms with E-state index in [0.717, 1.165) is 5.01 Å². The summed E-state index contributed by atoms with van der Waals surface area (Å²) < 4.78 is 0. The Bertz CT molecular complexity index is 692. The standard InChI is InChI=1S/C8H12N14/c1-3-13-6(16-15-3)14-7-17-19-8(20-18-7)22(5(11)12)21-4(10)2-9/h5H,11-12H2,1H3,(H2,10,21)(H2,13,14,15,16,17,18). The molecule has 14 nitrogen and oxygen atoms in total. The van der Waals surface area contributed by atoms with Crippen molar-refractivity contribution < 1.29 is 0 Å². The number of hydrogen-bond donors (Lipinski definition) is 5. The maximum absolute atomic E-state index is 8.61. The molecule has 0 aliphatic rings. The second-order valence-corrected chi connectivity index (χ2v) is 3.83. The molecule has 0 atom stereocenters. The van der Waals surface area contributed by atoms with Crippen LogP contribution in [0.15, 0.2) is 5.10 Å². The number of hydrazone groups is 1. The van der Waals surface area contributed by atoms with Gasteiger partial charge in [0.15, 0.2) is 6.29 Å². The van der Waals surface area contributed by atoms with Gasteiger partial charge in [0.2, 0.25) is 11.8 Å². The van der Waals surface area contributed by atoms with Crippen LogP contribution in [-0.4, -0.2) is 47.7 Å². The van der Waals surface area contributed by atoms with Gasteiger partial charge in [0.05, 0.1) is 0 Å². The molecule has 2 heterocycles. The smallest absolute Gasteiger partial charge is 0.287 e. The van der Waals surface area contributed by atoms with Crippen molar-refractivity contribution in [1.29, 1.82) is 5.26 Å². The van der Waals surface area contributed by atoms with Crippen molar-refractivity contribution in [2.24, 2.45) is 22.3 Å². The Morgan fingerprint density at radius 1 is 1.32 bits per heavy atom. The molecule has 0 radical (unpaired) electrons. The third-order valence-corrected chi connectivity index (χ3v) is 2.11. The SMILES string of the molecule is Cc1nc(Nc2nnc(N(/N=C(\N)C#N)C(N)N)nn2)n[nH]1. The van der Waals surface area contributed by atoms with Crippen LogP contribution in [0.5, 0.6) is 0 Å². The van der Waals surface area contributed by atoms with Gasteiger partial charge in [-0.1, -0.05) is 0 Å². The number of aryl methyl sites for hydroxylation is 1. The molecule has 0 saturated carbocycles. The summed E-state index contributed by atoms with van der Waals surface area (Å²) in [5.41, 5.74) is 16.3. The first kappa shape index (κ1) is 15.0. The van der Waals surface area contributed by atoms with Gasteiger partial charge >= 0.3 is 0 Å². The van der Waals surface area contributed by atoms with Crippen molar-refractivity contribution in [2.45, 2.75) is 13.2 Å². The van der Waals surface area contributed by atoms with E-state index in [2.05, 4.69) is 46.0 Å². The third kappa shape index (κ3) is 3.56. The largest absolute Gasteiger partial charge is 0.373 e. The van der Waals surface area contributed by atoms with Gasteiger partial charge in [0.25, 0.3) is 11.9 Å². The number of rotatable bonds is 5. The second-order valence-electron chi connectivity index (χ2n) is 3.83. The maximum atomic E-state index is 8.61. The number of H-pyrrole nitrogens is 1. The minimum atomic E-state index is -1.13. The average Bonchev–Trinajstić information content (AvgIpc) is 2.90. The molecule has 0 fully saturated rings. The van der Waals surface area contributed by atoms with Gasteiger partial charge < -0.3 is 5.73 Å². The Kier molecular flexibility index (Phi) is 4.31. The minimum absolute atomic E-state index is 0.0468. The predicted molar refractivity (Wildman–Crippen MR) is 73.9 cm³/mol. The molecule has 0 aliphatic heterocycles. The van der Waals surface area contributed by atoms with Crippen LogP contribution in [0.4, 0.5) is 17.8 Å². The average molecular weight is 304 g/mol. The highest BCUT2D eigenvalue weighted by molar-refractivity contribution is 5.95. The van der Waals surface area contributed by atoms with Gasteiger partial charge in [-0.15, -0.1) is 30.6 Å². The quantitative estimate of drug-likeness (QED) is 0.164. The molecular formula is C8H12N14. The molecule has 0 spiro atoms. The number of nitrogens with two attached hydrogens (primary N) is 3. The summed E-state index contributed by atoms with van der Waals surface area (Å²) >= 11 is 0. The molecule has 0 bridgehead atoms. The number of aromatic nitrogens is 7. The molecule has 0 amide bonds. The lowest BCUT2D eigenvalue weighted by atomic mass is 10.7. The van der Waals surface area contributed by atoms with Crippen LogP contribution in [0.25, 0.3) is 0 Å². The third-order valence-electron chi connectivity index (χ3n) is 2.11. The minimum Gasteiger partial charge on any atom is -0.373 e. The zero-order valence-corrected chi connectivity index (χ0v) is 11.3. The monoisotopic (exact) mass is 304 g/mol. The first-order valence-electron chi connectivity index (χ1n) is 5.77. The van der Waals surface area contributed by atoms with Crippen molar-refractivity contribution in [3.8, 4) is 6.07 Å². The van der Waals surface area contributed by atoms with Crippen LogP contribution in [-0.2, 0) is 0 Å². The maximum Gasteiger partial charge on any atom is 0.287 e. The van der Waals surface area contributed by atoms with E-state index in [1.54, 1.807) is 13.0 Å². The molecule has 14 heteroatoms. The highest BCUT2D eigenvalue weighted by Crippen LogP contribution is 2.08. The zero-order valence-electron chi connectivity index (χ0n) is 11.3. The van der Waals surface area contributed by atoms with Crippen LogP contribution in [0.1, 0.15) is 5.82 Å². The first-order chi connectivity index (χ1) is 10.5. The topological polar surface area (TPSA) is 223 Å². The van der Waals surface area contributed by atoms with Crippen molar-refractivity contribution in [1.82, 2.24) is 35.6 Å². The van der Waals surface area contributed by atoms with E-state index < -0.39 is 6.29 Å². The summed E-state index contributed by atoms with van der Waals surface area (Å²) in [5.74, 6) is 0.410. The zero-order chi connectivity index (χ0) is 16.1. The Morgan fingerprint density at radius 3 is 2.50 bits per heavy atom. The van der Waals surface area contributed by atoms with Gasteiger partial charge in [0.1, 0.15) is 11.9 Å². The molecule has 2 rings (SSSR count). The summed E-state index contributed by atoms with van der Waals surface area (Å²) in [6.07, 6.45) is -1.13. The van der Waals surface area contributed by atoms with Crippen LogP contribution in [0, 0.1) is 18.3 Å². The van der Waals surface area contributed by atoms with Crippen LogP contribution in [0.2, 0.25) is 0 Å². The van der Waals surface area contributed by atoms with E-state index in [4.69, 9.17) is 22.5 Å². The molecule has 0 aliphatic carbocycles. The van der Waals surface area contributed by atoms with Crippen molar-refractivity contribution in [2.75, 3.05) is 10.3 Å². The van der Waals surface area contributed by atoms with Gasteiger partial charge in [-0.2, -0.15) is 15.3 Å². The molecule has 0 unspecified atom stereocenters. The van der Waals surface area contributed by atoms with Gasteiger partial charge in [-0.3, -0.25) is 21.9 Å². The fourth-order valence-electron chi connectivity index (χ4n) is 1.25. The van der Waals surface area contributed by atoms with Crippen molar-refractivity contribution >= 4 is 23.7 Å². The second kappa shape index (κ2) is 6.34. The van der Waals surface area contributed by atoms with Crippen LogP contribution in [0.3, 0.4) is 0 Å². The van der Waals surface area contributed by atoms with Crippen LogP contribution < -0.4 is 27.5 Å². The number of anilines is 3. The summed E-state index contributed by atoms with van der Waals surface area (Å²) in [4.78, 5) is 4.00. The summed E-state index contributed by atoms with van der Waals surface area (Å²) in [5, 5.41) is 37.3. The predicted octanol–water partition coefficient (Wildman–Crippen LogP) is -2.76. The van der Waals surface area contributed by atoms with Gasteiger partial charge in [-0.05, 0) is 6.92 Å². The molecule has 2 aromatic rings. The van der Waals surface area contributed by atoms with Gasteiger partial charge in [0, 0.05) is 0 Å². The molecule has 2 aromatic heterocycles. The number of nitrogens with zero attached hydrogens (tertiary/aromatic N) is 9. The van der Waals surface area contributed by atoms with E-state index in [0.29, 0.717) is 5.82 Å². The number of nitriles is 1. The lowest BCUT2D eigenvalue weighted by molar-refractivity contribution is 0.622. The van der Waals surface area contributed by atoms with Crippen molar-refractivity contribution in [3.63, 3.8) is 0 Å².